The highest BCUT2D eigenvalue weighted by atomic mass is 127. The summed E-state index contributed by atoms with van der Waals surface area (Å²) in [5.74, 6) is 0.790. The fourth-order valence-corrected chi connectivity index (χ4v) is 2.02. The fourth-order valence-electron chi connectivity index (χ4n) is 2.02. The maximum absolute atomic E-state index is 12.1. The fraction of sp³-hybridized carbons (Fsp3) is 0.375. The lowest BCUT2D eigenvalue weighted by Crippen LogP contribution is -2.36. The maximum Gasteiger partial charge on any atom is 0.422 e. The maximum atomic E-state index is 12.1. The van der Waals surface area contributed by atoms with Gasteiger partial charge in [-0.25, -0.2) is 0 Å². The van der Waals surface area contributed by atoms with Crippen molar-refractivity contribution in [3.05, 3.63) is 47.8 Å². The topological polar surface area (TPSA) is 63.5 Å². The molecule has 144 valence electrons. The van der Waals surface area contributed by atoms with Crippen LogP contribution in [0.3, 0.4) is 0 Å². The van der Waals surface area contributed by atoms with Crippen molar-refractivity contribution in [2.45, 2.75) is 19.3 Å². The van der Waals surface area contributed by atoms with Crippen LogP contribution in [-0.2, 0) is 20.1 Å². The zero-order valence-corrected chi connectivity index (χ0v) is 16.7. The number of halogens is 4. The molecule has 10 heteroatoms. The van der Waals surface area contributed by atoms with Crippen molar-refractivity contribution in [3.63, 3.8) is 0 Å². The van der Waals surface area contributed by atoms with Crippen molar-refractivity contribution in [1.29, 1.82) is 0 Å². The molecule has 2 aromatic rings. The number of aromatic nitrogens is 2. The van der Waals surface area contributed by atoms with Gasteiger partial charge in [-0.05, 0) is 23.8 Å². The Labute approximate surface area is 166 Å². The van der Waals surface area contributed by atoms with Crippen molar-refractivity contribution in [3.8, 4) is 5.75 Å². The molecule has 0 aliphatic heterocycles. The van der Waals surface area contributed by atoms with E-state index in [4.69, 9.17) is 0 Å². The normalized spacial score (nSPS) is 11.7. The van der Waals surface area contributed by atoms with Gasteiger partial charge in [0.05, 0.1) is 12.2 Å². The number of hydrogen-bond donors (Lipinski definition) is 2. The van der Waals surface area contributed by atoms with Gasteiger partial charge >= 0.3 is 6.18 Å². The van der Waals surface area contributed by atoms with Crippen LogP contribution in [0.25, 0.3) is 0 Å². The van der Waals surface area contributed by atoms with Gasteiger partial charge in [-0.2, -0.15) is 18.3 Å². The predicted octanol–water partition coefficient (Wildman–Crippen LogP) is 2.84. The number of nitrogens with one attached hydrogen (secondary N) is 2. The SMILES string of the molecule is CN=C(NCc1ccc(OCC(F)(F)F)cc1)NCc1ccnn1C.I. The first kappa shape index (κ1) is 22.1. The third kappa shape index (κ3) is 7.50. The Morgan fingerprint density at radius 2 is 1.81 bits per heavy atom. The summed E-state index contributed by atoms with van der Waals surface area (Å²) in [6.07, 6.45) is -2.62. The lowest BCUT2D eigenvalue weighted by Gasteiger charge is -2.13. The molecule has 0 bridgehead atoms. The van der Waals surface area contributed by atoms with E-state index in [2.05, 4.69) is 25.5 Å². The number of benzene rings is 1. The van der Waals surface area contributed by atoms with E-state index in [9.17, 15) is 13.2 Å². The van der Waals surface area contributed by atoms with Crippen LogP contribution in [0.5, 0.6) is 5.75 Å². The van der Waals surface area contributed by atoms with E-state index in [0.717, 1.165) is 11.3 Å². The highest BCUT2D eigenvalue weighted by Gasteiger charge is 2.28. The Balaban J connectivity index is 0.00000338. The van der Waals surface area contributed by atoms with Crippen LogP contribution in [0.15, 0.2) is 41.5 Å². The first-order valence-electron chi connectivity index (χ1n) is 7.57. The van der Waals surface area contributed by atoms with Crippen LogP contribution < -0.4 is 15.4 Å². The molecular formula is C16H21F3IN5O. The number of hydrogen-bond acceptors (Lipinski definition) is 3. The van der Waals surface area contributed by atoms with Crippen molar-refractivity contribution in [2.75, 3.05) is 13.7 Å². The summed E-state index contributed by atoms with van der Waals surface area (Å²) in [7, 11) is 3.52. The summed E-state index contributed by atoms with van der Waals surface area (Å²) in [5, 5.41) is 10.4. The van der Waals surface area contributed by atoms with E-state index in [0.29, 0.717) is 19.0 Å². The molecule has 1 heterocycles. The van der Waals surface area contributed by atoms with Gasteiger partial charge in [-0.1, -0.05) is 12.1 Å². The number of aryl methyl sites for hydroxylation is 1. The van der Waals surface area contributed by atoms with Crippen LogP contribution in [0.4, 0.5) is 13.2 Å². The second-order valence-corrected chi connectivity index (χ2v) is 5.27. The van der Waals surface area contributed by atoms with Gasteiger partial charge < -0.3 is 15.4 Å². The van der Waals surface area contributed by atoms with E-state index in [1.165, 1.54) is 12.1 Å². The number of nitrogens with zero attached hydrogens (tertiary/aromatic N) is 3. The van der Waals surface area contributed by atoms with Gasteiger partial charge in [0.25, 0.3) is 0 Å². The zero-order valence-electron chi connectivity index (χ0n) is 14.4. The summed E-state index contributed by atoms with van der Waals surface area (Å²) in [6.45, 7) is -0.250. The third-order valence-electron chi connectivity index (χ3n) is 3.37. The monoisotopic (exact) mass is 483 g/mol. The van der Waals surface area contributed by atoms with Crippen molar-refractivity contribution < 1.29 is 17.9 Å². The molecule has 1 aromatic heterocycles. The molecular weight excluding hydrogens is 462 g/mol. The Morgan fingerprint density at radius 1 is 1.15 bits per heavy atom. The van der Waals surface area contributed by atoms with Crippen LogP contribution in [0.2, 0.25) is 0 Å². The Kier molecular flexibility index (Phi) is 8.69. The van der Waals surface area contributed by atoms with Crippen molar-refractivity contribution in [1.82, 2.24) is 20.4 Å². The lowest BCUT2D eigenvalue weighted by atomic mass is 10.2. The minimum absolute atomic E-state index is 0. The highest BCUT2D eigenvalue weighted by Crippen LogP contribution is 2.18. The molecule has 0 aliphatic rings. The minimum Gasteiger partial charge on any atom is -0.484 e. The zero-order chi connectivity index (χ0) is 18.3. The second-order valence-electron chi connectivity index (χ2n) is 5.27. The quantitative estimate of drug-likeness (QED) is 0.377. The van der Waals surface area contributed by atoms with Crippen molar-refractivity contribution in [2.24, 2.45) is 12.0 Å². The molecule has 0 saturated carbocycles. The summed E-state index contributed by atoms with van der Waals surface area (Å²) in [5.41, 5.74) is 1.90. The van der Waals surface area contributed by atoms with Gasteiger partial charge in [0.1, 0.15) is 5.75 Å². The average molecular weight is 483 g/mol. The molecule has 2 rings (SSSR count). The smallest absolute Gasteiger partial charge is 0.422 e. The van der Waals surface area contributed by atoms with Crippen LogP contribution in [0, 0.1) is 0 Å². The van der Waals surface area contributed by atoms with E-state index in [-0.39, 0.29) is 29.7 Å². The summed E-state index contributed by atoms with van der Waals surface area (Å²) >= 11 is 0. The molecule has 0 amide bonds. The lowest BCUT2D eigenvalue weighted by molar-refractivity contribution is -0.153. The van der Waals surface area contributed by atoms with Gasteiger partial charge in [-0.3, -0.25) is 9.67 Å². The van der Waals surface area contributed by atoms with Gasteiger partial charge in [0.2, 0.25) is 0 Å². The van der Waals surface area contributed by atoms with E-state index < -0.39 is 12.8 Å². The molecule has 0 spiro atoms. The first-order valence-corrected chi connectivity index (χ1v) is 7.57. The number of aliphatic imine (C=N–C) groups is 1. The summed E-state index contributed by atoms with van der Waals surface area (Å²) < 4.78 is 42.8. The number of guanidine groups is 1. The van der Waals surface area contributed by atoms with Gasteiger partial charge in [0.15, 0.2) is 12.6 Å². The minimum atomic E-state index is -4.34. The highest BCUT2D eigenvalue weighted by molar-refractivity contribution is 14.0. The summed E-state index contributed by atoms with van der Waals surface area (Å²) in [4.78, 5) is 4.12. The molecule has 1 aromatic carbocycles. The Hall–Kier alpha value is -1.98. The molecule has 0 aliphatic carbocycles. The molecule has 2 N–H and O–H groups in total. The Bertz CT molecular complexity index is 701. The summed E-state index contributed by atoms with van der Waals surface area (Å²) in [6, 6.07) is 8.32. The van der Waals surface area contributed by atoms with Crippen LogP contribution in [-0.4, -0.2) is 35.6 Å². The molecule has 0 fully saturated rings. The standard InChI is InChI=1S/C16H20F3N5O.HI/c1-20-15(22-10-13-7-8-23-24(13)2)21-9-12-3-5-14(6-4-12)25-11-16(17,18)19;/h3-8H,9-11H2,1-2H3,(H2,20,21,22);1H. The van der Waals surface area contributed by atoms with Crippen molar-refractivity contribution >= 4 is 29.9 Å². The number of alkyl halides is 3. The van der Waals surface area contributed by atoms with E-state index in [1.54, 1.807) is 30.1 Å². The second kappa shape index (κ2) is 10.2. The molecule has 0 atom stereocenters. The van der Waals surface area contributed by atoms with E-state index in [1.807, 2.05) is 13.1 Å². The molecule has 0 radical (unpaired) electrons. The van der Waals surface area contributed by atoms with Gasteiger partial charge in [-0.15, -0.1) is 24.0 Å². The van der Waals surface area contributed by atoms with Crippen LogP contribution >= 0.6 is 24.0 Å². The molecule has 0 unspecified atom stereocenters. The largest absolute Gasteiger partial charge is 0.484 e. The van der Waals surface area contributed by atoms with E-state index >= 15 is 0 Å². The van der Waals surface area contributed by atoms with Gasteiger partial charge in [0, 0.05) is 26.8 Å². The third-order valence-corrected chi connectivity index (χ3v) is 3.37. The molecule has 0 saturated heterocycles. The number of rotatable bonds is 6. The molecule has 26 heavy (non-hydrogen) atoms. The molecule has 6 nitrogen and oxygen atoms in total. The number of ether oxygens (including phenoxy) is 1. The first-order chi connectivity index (χ1) is 11.9. The van der Waals surface area contributed by atoms with Crippen LogP contribution in [0.1, 0.15) is 11.3 Å². The average Bonchev–Trinajstić information content (AvgIpc) is 2.98. The Morgan fingerprint density at radius 3 is 2.35 bits per heavy atom. The predicted molar refractivity (Wildman–Crippen MR) is 104 cm³/mol.